The molecule has 3 aromatic rings. The molecule has 4 rings (SSSR count). The van der Waals surface area contributed by atoms with Crippen molar-refractivity contribution >= 4 is 28.3 Å². The van der Waals surface area contributed by atoms with Gasteiger partial charge in [0.1, 0.15) is 16.9 Å². The molecule has 6 nitrogen and oxygen atoms in total. The number of anilines is 1. The van der Waals surface area contributed by atoms with Crippen LogP contribution in [0.3, 0.4) is 0 Å². The van der Waals surface area contributed by atoms with Crippen LogP contribution in [0.15, 0.2) is 24.2 Å². The smallest absolute Gasteiger partial charge is 0.182 e. The molecule has 96 valence electrons. The average molecular weight is 272 g/mol. The Morgan fingerprint density at radius 1 is 1.26 bits per heavy atom. The van der Waals surface area contributed by atoms with Gasteiger partial charge in [-0.2, -0.15) is 0 Å². The molecule has 19 heavy (non-hydrogen) atoms. The Labute approximate surface area is 113 Å². The Morgan fingerprint density at radius 2 is 2.21 bits per heavy atom. The third-order valence-electron chi connectivity index (χ3n) is 3.33. The summed E-state index contributed by atoms with van der Waals surface area (Å²) in [6.07, 6.45) is 7.52. The molecule has 2 N–H and O–H groups in total. The lowest BCUT2D eigenvalue weighted by atomic mass is 10.2. The average Bonchev–Trinajstić information content (AvgIpc) is 2.94. The van der Waals surface area contributed by atoms with Crippen LogP contribution in [0.5, 0.6) is 0 Å². The van der Waals surface area contributed by atoms with E-state index in [-0.39, 0.29) is 6.04 Å². The Bertz CT molecular complexity index is 687. The van der Waals surface area contributed by atoms with Crippen LogP contribution in [-0.4, -0.2) is 24.9 Å². The second-order valence-electron chi connectivity index (χ2n) is 4.65. The van der Waals surface area contributed by atoms with Gasteiger partial charge < -0.3 is 10.3 Å². The summed E-state index contributed by atoms with van der Waals surface area (Å²) in [6.45, 7) is 0. The van der Waals surface area contributed by atoms with Crippen LogP contribution in [0.25, 0.3) is 11.2 Å². The first-order chi connectivity index (χ1) is 9.42. The van der Waals surface area contributed by atoms with Crippen molar-refractivity contribution in [3.8, 4) is 0 Å². The fourth-order valence-corrected chi connectivity index (χ4v) is 3.00. The maximum absolute atomic E-state index is 4.43. The van der Waals surface area contributed by atoms with Crippen LogP contribution in [0.1, 0.15) is 23.9 Å². The number of aromatic nitrogens is 5. The highest BCUT2D eigenvalue weighted by molar-refractivity contribution is 7.09. The van der Waals surface area contributed by atoms with Gasteiger partial charge in [0.15, 0.2) is 11.5 Å². The van der Waals surface area contributed by atoms with Crippen molar-refractivity contribution in [3.05, 3.63) is 29.2 Å². The number of hydrogen-bond acceptors (Lipinski definition) is 6. The molecule has 0 spiro atoms. The largest absolute Gasteiger partial charge is 0.359 e. The quantitative estimate of drug-likeness (QED) is 0.762. The minimum absolute atomic E-state index is 0.237. The monoisotopic (exact) mass is 272 g/mol. The van der Waals surface area contributed by atoms with Crippen molar-refractivity contribution < 1.29 is 0 Å². The van der Waals surface area contributed by atoms with Crippen LogP contribution in [0, 0.1) is 5.92 Å². The molecule has 0 radical (unpaired) electrons. The summed E-state index contributed by atoms with van der Waals surface area (Å²) >= 11 is 1.68. The Balaban J connectivity index is 1.70. The van der Waals surface area contributed by atoms with E-state index in [0.717, 1.165) is 16.3 Å². The van der Waals surface area contributed by atoms with Gasteiger partial charge in [0.25, 0.3) is 0 Å². The van der Waals surface area contributed by atoms with E-state index in [0.29, 0.717) is 11.6 Å². The number of fused-ring (bicyclic) bond motifs is 1. The van der Waals surface area contributed by atoms with Crippen LogP contribution in [0.2, 0.25) is 0 Å². The van der Waals surface area contributed by atoms with Gasteiger partial charge in [-0.15, -0.1) is 11.3 Å². The van der Waals surface area contributed by atoms with Gasteiger partial charge in [-0.05, 0) is 18.8 Å². The minimum atomic E-state index is 0.237. The first-order valence-corrected chi connectivity index (χ1v) is 7.10. The molecule has 1 saturated carbocycles. The van der Waals surface area contributed by atoms with E-state index in [1.54, 1.807) is 17.7 Å². The van der Waals surface area contributed by atoms with Gasteiger partial charge in [-0.1, -0.05) is 0 Å². The van der Waals surface area contributed by atoms with E-state index in [2.05, 4.69) is 30.2 Å². The number of thiazole rings is 1. The molecular formula is C12H12N6S. The molecule has 1 fully saturated rings. The molecule has 0 bridgehead atoms. The molecule has 0 amide bonds. The van der Waals surface area contributed by atoms with Crippen LogP contribution in [-0.2, 0) is 0 Å². The van der Waals surface area contributed by atoms with Gasteiger partial charge >= 0.3 is 0 Å². The van der Waals surface area contributed by atoms with Crippen molar-refractivity contribution in [1.29, 1.82) is 0 Å². The first-order valence-electron chi connectivity index (χ1n) is 6.22. The van der Waals surface area contributed by atoms with E-state index in [4.69, 9.17) is 0 Å². The van der Waals surface area contributed by atoms with Crippen LogP contribution >= 0.6 is 11.3 Å². The molecule has 0 saturated heterocycles. The summed E-state index contributed by atoms with van der Waals surface area (Å²) in [5.41, 5.74) is 1.54. The summed E-state index contributed by atoms with van der Waals surface area (Å²) in [5.74, 6) is 1.45. The number of imidazole rings is 1. The maximum atomic E-state index is 4.43. The second kappa shape index (κ2) is 4.27. The van der Waals surface area contributed by atoms with Crippen molar-refractivity contribution in [1.82, 2.24) is 24.9 Å². The summed E-state index contributed by atoms with van der Waals surface area (Å²) in [7, 11) is 0. The zero-order valence-electron chi connectivity index (χ0n) is 10.1. The van der Waals surface area contributed by atoms with Gasteiger partial charge in [0.05, 0.1) is 12.4 Å². The zero-order valence-corrected chi connectivity index (χ0v) is 10.9. The fraction of sp³-hybridized carbons (Fsp3) is 0.333. The maximum Gasteiger partial charge on any atom is 0.182 e. The van der Waals surface area contributed by atoms with E-state index < -0.39 is 0 Å². The van der Waals surface area contributed by atoms with E-state index in [1.807, 2.05) is 11.6 Å². The SMILES string of the molecule is c1csc([C@@H](Nc2ncnc3nc[nH]c23)C2CC2)n1. The molecule has 3 heterocycles. The molecule has 1 aliphatic carbocycles. The summed E-state index contributed by atoms with van der Waals surface area (Å²) < 4.78 is 0. The number of nitrogens with one attached hydrogen (secondary N) is 2. The molecule has 0 aliphatic heterocycles. The lowest BCUT2D eigenvalue weighted by molar-refractivity contribution is 0.671. The highest BCUT2D eigenvalue weighted by Gasteiger charge is 2.34. The lowest BCUT2D eigenvalue weighted by Gasteiger charge is -2.16. The predicted octanol–water partition coefficient (Wildman–Crippen LogP) is 2.37. The van der Waals surface area contributed by atoms with Crippen molar-refractivity contribution in [2.75, 3.05) is 5.32 Å². The number of H-pyrrole nitrogens is 1. The minimum Gasteiger partial charge on any atom is -0.359 e. The first kappa shape index (κ1) is 10.9. The number of hydrogen-bond donors (Lipinski definition) is 2. The Morgan fingerprint density at radius 3 is 3.00 bits per heavy atom. The lowest BCUT2D eigenvalue weighted by Crippen LogP contribution is -2.14. The van der Waals surface area contributed by atoms with Crippen LogP contribution < -0.4 is 5.32 Å². The molecule has 0 aromatic carbocycles. The zero-order chi connectivity index (χ0) is 12.7. The third-order valence-corrected chi connectivity index (χ3v) is 4.18. The normalized spacial score (nSPS) is 16.6. The van der Waals surface area contributed by atoms with E-state index in [1.165, 1.54) is 19.2 Å². The van der Waals surface area contributed by atoms with E-state index >= 15 is 0 Å². The Hall–Kier alpha value is -2.02. The molecule has 1 atom stereocenters. The second-order valence-corrected chi connectivity index (χ2v) is 5.58. The molecular weight excluding hydrogens is 260 g/mol. The Kier molecular flexibility index (Phi) is 2.44. The molecule has 1 aliphatic rings. The number of aromatic amines is 1. The number of nitrogens with zero attached hydrogens (tertiary/aromatic N) is 4. The van der Waals surface area contributed by atoms with Crippen molar-refractivity contribution in [2.24, 2.45) is 5.92 Å². The topological polar surface area (TPSA) is 79.4 Å². The predicted molar refractivity (Wildman–Crippen MR) is 72.9 cm³/mol. The summed E-state index contributed by atoms with van der Waals surface area (Å²) in [4.78, 5) is 20.1. The summed E-state index contributed by atoms with van der Waals surface area (Å²) in [5, 5.41) is 6.63. The van der Waals surface area contributed by atoms with Gasteiger partial charge in [-0.3, -0.25) is 0 Å². The molecule has 3 aromatic heterocycles. The summed E-state index contributed by atoms with van der Waals surface area (Å²) in [6, 6.07) is 0.237. The highest BCUT2D eigenvalue weighted by atomic mass is 32.1. The van der Waals surface area contributed by atoms with Crippen molar-refractivity contribution in [3.63, 3.8) is 0 Å². The van der Waals surface area contributed by atoms with Gasteiger partial charge in [-0.25, -0.2) is 19.9 Å². The van der Waals surface area contributed by atoms with Crippen LogP contribution in [0.4, 0.5) is 5.82 Å². The molecule has 7 heteroatoms. The third kappa shape index (κ3) is 1.95. The highest BCUT2D eigenvalue weighted by Crippen LogP contribution is 2.43. The van der Waals surface area contributed by atoms with Gasteiger partial charge in [0, 0.05) is 11.6 Å². The fourth-order valence-electron chi connectivity index (χ4n) is 2.22. The standard InChI is InChI=1S/C12H12N6S/c1-2-7(1)8(12-13-3-4-19-12)18-11-9-10(15-5-14-9)16-6-17-11/h3-8H,1-2H2,(H2,14,15,16,17,18)/t8-/m0/s1. The van der Waals surface area contributed by atoms with E-state index in [9.17, 15) is 0 Å². The van der Waals surface area contributed by atoms with Gasteiger partial charge in [0.2, 0.25) is 0 Å². The number of rotatable bonds is 4. The van der Waals surface area contributed by atoms with Crippen molar-refractivity contribution in [2.45, 2.75) is 18.9 Å². The molecule has 0 unspecified atom stereocenters.